The largest absolute Gasteiger partial charge is 0.494 e. The highest BCUT2D eigenvalue weighted by atomic mass is 35.5. The van der Waals surface area contributed by atoms with Gasteiger partial charge >= 0.3 is 0 Å². The van der Waals surface area contributed by atoms with Crippen molar-refractivity contribution in [2.24, 2.45) is 13.0 Å². The Morgan fingerprint density at radius 2 is 1.68 bits per heavy atom. The predicted octanol–water partition coefficient (Wildman–Crippen LogP) is 10.3. The van der Waals surface area contributed by atoms with E-state index in [1.54, 1.807) is 0 Å². The molecule has 5 heterocycles. The molecule has 3 aromatic heterocycles. The second kappa shape index (κ2) is 14.6. The third-order valence-corrected chi connectivity index (χ3v) is 12.7. The number of halogens is 2. The number of hydrogen-bond donors (Lipinski definition) is 0. The summed E-state index contributed by atoms with van der Waals surface area (Å²) < 4.78 is 12.5. The summed E-state index contributed by atoms with van der Waals surface area (Å²) in [7, 11) is 1.95. The number of aromatic nitrogens is 4. The molecule has 1 atom stereocenters. The molecule has 0 fully saturated rings. The van der Waals surface area contributed by atoms with E-state index in [2.05, 4.69) is 42.9 Å². The van der Waals surface area contributed by atoms with Crippen LogP contribution in [0.1, 0.15) is 88.7 Å². The van der Waals surface area contributed by atoms with E-state index in [-0.39, 0.29) is 17.9 Å². The van der Waals surface area contributed by atoms with Crippen molar-refractivity contribution in [3.8, 4) is 16.9 Å². The number of hydrogen-bond acceptors (Lipinski definition) is 4. The molecule has 292 valence electrons. The van der Waals surface area contributed by atoms with Crippen LogP contribution in [0.4, 0.5) is 5.69 Å². The molecule has 2 aliphatic rings. The SMILES string of the molecule is Cc1cc(OCCCc2c3n(c4c(-c5c(C)nn(C)c5C)c(Cl)ccc24)[C@H](C)CN(c2cccc4cc5n(c24)CCN(CCC(C)C)C5=O)C3=O)cc(C)c1Cl. The van der Waals surface area contributed by atoms with E-state index in [1.807, 2.05) is 84.8 Å². The summed E-state index contributed by atoms with van der Waals surface area (Å²) in [6.45, 7) is 17.6. The fourth-order valence-electron chi connectivity index (χ4n) is 8.98. The molecular formula is C45H50Cl2N6O3. The Morgan fingerprint density at radius 3 is 2.38 bits per heavy atom. The third kappa shape index (κ3) is 6.27. The van der Waals surface area contributed by atoms with Gasteiger partial charge in [-0.3, -0.25) is 14.3 Å². The average molecular weight is 794 g/mol. The third-order valence-electron chi connectivity index (χ3n) is 11.8. The van der Waals surface area contributed by atoms with Crippen LogP contribution in [0, 0.1) is 33.6 Å². The lowest BCUT2D eigenvalue weighted by molar-refractivity contribution is 0.0699. The minimum Gasteiger partial charge on any atom is -0.494 e. The van der Waals surface area contributed by atoms with E-state index in [0.717, 1.165) is 90.4 Å². The normalized spacial score (nSPS) is 15.8. The van der Waals surface area contributed by atoms with E-state index in [1.165, 1.54) is 0 Å². The topological polar surface area (TPSA) is 77.5 Å². The second-order valence-corrected chi connectivity index (χ2v) is 16.9. The molecule has 0 spiro atoms. The highest BCUT2D eigenvalue weighted by Crippen LogP contribution is 2.46. The first kappa shape index (κ1) is 38.2. The Morgan fingerprint density at radius 1 is 0.929 bits per heavy atom. The zero-order valence-corrected chi connectivity index (χ0v) is 35.1. The predicted molar refractivity (Wildman–Crippen MR) is 227 cm³/mol. The molecule has 0 bridgehead atoms. The zero-order chi connectivity index (χ0) is 39.7. The Kier molecular flexibility index (Phi) is 9.98. The Labute approximate surface area is 338 Å². The Hall–Kier alpha value is -4.73. The van der Waals surface area contributed by atoms with Gasteiger partial charge in [-0.2, -0.15) is 5.10 Å². The molecule has 2 amide bonds. The van der Waals surface area contributed by atoms with Gasteiger partial charge < -0.3 is 23.7 Å². The number of para-hydroxylation sites is 1. The van der Waals surface area contributed by atoms with Gasteiger partial charge in [-0.1, -0.05) is 55.2 Å². The molecule has 2 aliphatic heterocycles. The van der Waals surface area contributed by atoms with E-state index >= 15 is 4.79 Å². The van der Waals surface area contributed by atoms with Crippen molar-refractivity contribution >= 4 is 62.5 Å². The summed E-state index contributed by atoms with van der Waals surface area (Å²) in [6, 6.07) is 15.9. The second-order valence-electron chi connectivity index (χ2n) is 16.1. The molecule has 0 N–H and O–H groups in total. The molecule has 0 aliphatic carbocycles. The minimum atomic E-state index is -0.0936. The molecule has 56 heavy (non-hydrogen) atoms. The van der Waals surface area contributed by atoms with Gasteiger partial charge in [0.25, 0.3) is 11.8 Å². The van der Waals surface area contributed by atoms with Crippen molar-refractivity contribution < 1.29 is 14.3 Å². The molecule has 3 aromatic carbocycles. The first-order valence-corrected chi connectivity index (χ1v) is 20.5. The Balaban J connectivity index is 1.23. The van der Waals surface area contributed by atoms with Crippen molar-refractivity contribution in [2.75, 3.05) is 31.1 Å². The quantitative estimate of drug-likeness (QED) is 0.129. The van der Waals surface area contributed by atoms with Crippen LogP contribution in [0.15, 0.2) is 48.5 Å². The number of benzene rings is 3. The standard InChI is InChI=1S/C45H50Cl2N6O3/c1-25(2)16-17-50-18-19-51-37(44(50)54)23-31-11-9-13-36(41(31)51)52-24-28(5)53-42-34(14-15-35(46)39(42)38-29(6)48-49(8)30(38)7)33(43(53)45(52)55)12-10-20-56-32-21-26(3)40(47)27(4)22-32/h9,11,13-15,21-23,25,28H,10,12,16-20,24H2,1-8H3/t28-/m1/s1. The number of carbonyl (C=O) groups excluding carboxylic acids is 2. The molecule has 6 aromatic rings. The minimum absolute atomic E-state index is 0.0522. The molecular weight excluding hydrogens is 743 g/mol. The maximum Gasteiger partial charge on any atom is 0.275 e. The van der Waals surface area contributed by atoms with Gasteiger partial charge in [0, 0.05) is 71.9 Å². The van der Waals surface area contributed by atoms with Crippen LogP contribution in [0.5, 0.6) is 5.75 Å². The van der Waals surface area contributed by atoms with Crippen LogP contribution < -0.4 is 9.64 Å². The molecule has 0 saturated carbocycles. The number of ether oxygens (including phenoxy) is 1. The number of amides is 2. The monoisotopic (exact) mass is 792 g/mol. The van der Waals surface area contributed by atoms with Crippen LogP contribution in [-0.2, 0) is 20.0 Å². The lowest BCUT2D eigenvalue weighted by Gasteiger charge is -2.35. The van der Waals surface area contributed by atoms with E-state index < -0.39 is 0 Å². The van der Waals surface area contributed by atoms with Gasteiger partial charge in [0.2, 0.25) is 0 Å². The van der Waals surface area contributed by atoms with Crippen LogP contribution >= 0.6 is 23.2 Å². The van der Waals surface area contributed by atoms with E-state index in [9.17, 15) is 4.79 Å². The maximum atomic E-state index is 15.3. The van der Waals surface area contributed by atoms with Crippen LogP contribution in [-0.4, -0.2) is 61.9 Å². The van der Waals surface area contributed by atoms with Gasteiger partial charge in [0.1, 0.15) is 17.1 Å². The lowest BCUT2D eigenvalue weighted by atomic mass is 9.98. The van der Waals surface area contributed by atoms with Crippen LogP contribution in [0.25, 0.3) is 32.9 Å². The van der Waals surface area contributed by atoms with Gasteiger partial charge in [0.05, 0.1) is 34.0 Å². The van der Waals surface area contributed by atoms with E-state index in [0.29, 0.717) is 61.4 Å². The smallest absolute Gasteiger partial charge is 0.275 e. The first-order valence-electron chi connectivity index (χ1n) is 19.8. The van der Waals surface area contributed by atoms with Gasteiger partial charge in [-0.05, 0) is 107 Å². The highest BCUT2D eigenvalue weighted by molar-refractivity contribution is 6.35. The Bertz CT molecular complexity index is 2540. The fraction of sp³-hybridized carbons (Fsp3) is 0.400. The number of fused-ring (bicyclic) bond motifs is 6. The summed E-state index contributed by atoms with van der Waals surface area (Å²) in [5.41, 5.74) is 10.8. The van der Waals surface area contributed by atoms with Crippen molar-refractivity contribution in [1.29, 1.82) is 0 Å². The molecule has 0 radical (unpaired) electrons. The average Bonchev–Trinajstić information content (AvgIpc) is 3.79. The zero-order valence-electron chi connectivity index (χ0n) is 33.6. The summed E-state index contributed by atoms with van der Waals surface area (Å²) in [6.07, 6.45) is 2.27. The van der Waals surface area contributed by atoms with Crippen molar-refractivity contribution in [2.45, 2.75) is 80.3 Å². The molecule has 11 heteroatoms. The molecule has 0 saturated heterocycles. The van der Waals surface area contributed by atoms with Crippen molar-refractivity contribution in [1.82, 2.24) is 23.8 Å². The lowest BCUT2D eigenvalue weighted by Crippen LogP contribution is -2.43. The number of carbonyl (C=O) groups is 2. The van der Waals surface area contributed by atoms with Gasteiger partial charge in [-0.25, -0.2) is 0 Å². The number of aryl methyl sites for hydroxylation is 5. The van der Waals surface area contributed by atoms with Crippen LogP contribution in [0.3, 0.4) is 0 Å². The van der Waals surface area contributed by atoms with Crippen molar-refractivity contribution in [3.05, 3.63) is 98.0 Å². The first-order chi connectivity index (χ1) is 26.8. The van der Waals surface area contributed by atoms with Gasteiger partial charge in [-0.15, -0.1) is 0 Å². The van der Waals surface area contributed by atoms with Crippen LogP contribution in [0.2, 0.25) is 10.0 Å². The fourth-order valence-corrected chi connectivity index (χ4v) is 9.34. The molecule has 0 unspecified atom stereocenters. The number of rotatable bonds is 10. The molecule has 9 nitrogen and oxygen atoms in total. The maximum absolute atomic E-state index is 15.3. The summed E-state index contributed by atoms with van der Waals surface area (Å²) in [4.78, 5) is 33.0. The van der Waals surface area contributed by atoms with Crippen molar-refractivity contribution in [3.63, 3.8) is 0 Å². The number of anilines is 1. The highest BCUT2D eigenvalue weighted by Gasteiger charge is 2.38. The van der Waals surface area contributed by atoms with Gasteiger partial charge in [0.15, 0.2) is 0 Å². The molecule has 8 rings (SSSR count). The number of nitrogens with zero attached hydrogens (tertiary/aromatic N) is 6. The van der Waals surface area contributed by atoms with E-state index in [4.69, 9.17) is 33.0 Å². The summed E-state index contributed by atoms with van der Waals surface area (Å²) >= 11 is 13.6. The summed E-state index contributed by atoms with van der Waals surface area (Å²) in [5.74, 6) is 1.29. The summed E-state index contributed by atoms with van der Waals surface area (Å²) in [5, 5.41) is 8.10.